The Kier molecular flexibility index (Phi) is 8.78. The van der Waals surface area contributed by atoms with Crippen LogP contribution >= 0.6 is 11.8 Å². The molecular weight excluding hydrogens is 318 g/mol. The molecule has 126 valence electrons. The topological polar surface area (TPSA) is 111 Å². The molecule has 0 aliphatic heterocycles. The first-order chi connectivity index (χ1) is 11.0. The fourth-order valence-electron chi connectivity index (χ4n) is 1.68. The number of carbonyl (C=O) groups excluding carboxylic acids is 3. The van der Waals surface area contributed by atoms with E-state index in [4.69, 9.17) is 10.5 Å². The van der Waals surface area contributed by atoms with Gasteiger partial charge >= 0.3 is 11.8 Å². The monoisotopic (exact) mass is 339 g/mol. The van der Waals surface area contributed by atoms with Gasteiger partial charge < -0.3 is 21.1 Å². The van der Waals surface area contributed by atoms with Crippen molar-refractivity contribution in [1.82, 2.24) is 5.32 Å². The number of benzene rings is 1. The summed E-state index contributed by atoms with van der Waals surface area (Å²) in [5.74, 6) is -1.80. The molecule has 0 heterocycles. The third-order valence-electron chi connectivity index (χ3n) is 2.77. The molecule has 0 aromatic heterocycles. The Labute approximate surface area is 139 Å². The van der Waals surface area contributed by atoms with Crippen molar-refractivity contribution >= 4 is 35.2 Å². The van der Waals surface area contributed by atoms with E-state index in [1.807, 2.05) is 0 Å². The lowest BCUT2D eigenvalue weighted by molar-refractivity contribution is -0.136. The maximum Gasteiger partial charge on any atom is 0.313 e. The summed E-state index contributed by atoms with van der Waals surface area (Å²) in [7, 11) is 1.61. The maximum absolute atomic E-state index is 11.9. The van der Waals surface area contributed by atoms with Gasteiger partial charge in [0, 0.05) is 25.2 Å². The highest BCUT2D eigenvalue weighted by Gasteiger charge is 2.15. The predicted molar refractivity (Wildman–Crippen MR) is 89.1 cm³/mol. The highest BCUT2D eigenvalue weighted by atomic mass is 32.2. The van der Waals surface area contributed by atoms with Crippen LogP contribution in [0, 0.1) is 0 Å². The summed E-state index contributed by atoms with van der Waals surface area (Å²) in [6.45, 7) is 1.03. The molecule has 0 fully saturated rings. The number of anilines is 1. The van der Waals surface area contributed by atoms with Gasteiger partial charge in [-0.1, -0.05) is 12.1 Å². The molecule has 1 aromatic carbocycles. The number of methoxy groups -OCH3 is 1. The molecule has 7 nitrogen and oxygen atoms in total. The summed E-state index contributed by atoms with van der Waals surface area (Å²) in [5.41, 5.74) is 5.58. The lowest BCUT2D eigenvalue weighted by atomic mass is 10.3. The summed E-state index contributed by atoms with van der Waals surface area (Å²) in [4.78, 5) is 35.1. The Hall–Kier alpha value is -2.06. The van der Waals surface area contributed by atoms with E-state index in [9.17, 15) is 14.4 Å². The summed E-state index contributed by atoms with van der Waals surface area (Å²) in [6, 6.07) is 6.90. The average Bonchev–Trinajstić information content (AvgIpc) is 2.53. The number of amides is 3. The van der Waals surface area contributed by atoms with Gasteiger partial charge in [0.15, 0.2) is 0 Å². The molecule has 0 atom stereocenters. The van der Waals surface area contributed by atoms with Crippen molar-refractivity contribution in [2.75, 3.05) is 31.3 Å². The molecule has 1 aromatic rings. The van der Waals surface area contributed by atoms with Crippen LogP contribution in [-0.4, -0.2) is 43.7 Å². The molecule has 23 heavy (non-hydrogen) atoms. The lowest BCUT2D eigenvalue weighted by Gasteiger charge is -2.10. The van der Waals surface area contributed by atoms with E-state index in [-0.39, 0.29) is 5.75 Å². The Bertz CT molecular complexity index is 551. The zero-order chi connectivity index (χ0) is 17.1. The first-order valence-corrected chi connectivity index (χ1v) is 8.11. The first kappa shape index (κ1) is 19.0. The second kappa shape index (κ2) is 10.6. The minimum Gasteiger partial charge on any atom is -0.385 e. The number of hydrogen-bond donors (Lipinski definition) is 3. The molecule has 4 N–H and O–H groups in total. The van der Waals surface area contributed by atoms with Gasteiger partial charge in [-0.25, -0.2) is 0 Å². The van der Waals surface area contributed by atoms with Crippen molar-refractivity contribution in [2.24, 2.45) is 5.73 Å². The quantitative estimate of drug-likeness (QED) is 0.349. The number of hydrogen-bond acceptors (Lipinski definition) is 5. The Morgan fingerprint density at radius 1 is 1.17 bits per heavy atom. The zero-order valence-electron chi connectivity index (χ0n) is 13.0. The number of unbranched alkanes of at least 4 members (excludes halogenated alkanes) is 1. The molecule has 0 unspecified atom stereocenters. The molecule has 3 amide bonds. The number of thioether (sulfide) groups is 1. The van der Waals surface area contributed by atoms with Crippen molar-refractivity contribution in [2.45, 2.75) is 17.7 Å². The number of rotatable bonds is 9. The minimum atomic E-state index is -0.746. The van der Waals surface area contributed by atoms with E-state index in [0.717, 1.165) is 12.8 Å². The van der Waals surface area contributed by atoms with Gasteiger partial charge in [-0.2, -0.15) is 0 Å². The maximum atomic E-state index is 11.9. The van der Waals surface area contributed by atoms with Gasteiger partial charge in [-0.15, -0.1) is 11.8 Å². The average molecular weight is 339 g/mol. The molecule has 1 rings (SSSR count). The van der Waals surface area contributed by atoms with E-state index in [2.05, 4.69) is 10.6 Å². The van der Waals surface area contributed by atoms with Crippen LogP contribution in [-0.2, 0) is 19.1 Å². The third kappa shape index (κ3) is 7.66. The van der Waals surface area contributed by atoms with Crippen LogP contribution in [0.3, 0.4) is 0 Å². The number of nitrogens with one attached hydrogen (secondary N) is 2. The van der Waals surface area contributed by atoms with Crippen LogP contribution in [0.5, 0.6) is 0 Å². The van der Waals surface area contributed by atoms with Crippen molar-refractivity contribution in [1.29, 1.82) is 0 Å². The van der Waals surface area contributed by atoms with E-state index >= 15 is 0 Å². The first-order valence-electron chi connectivity index (χ1n) is 7.13. The van der Waals surface area contributed by atoms with Gasteiger partial charge in [0.1, 0.15) is 0 Å². The highest BCUT2D eigenvalue weighted by Crippen LogP contribution is 2.26. The molecule has 0 bridgehead atoms. The van der Waals surface area contributed by atoms with E-state index < -0.39 is 17.7 Å². The second-order valence-electron chi connectivity index (χ2n) is 4.66. The second-order valence-corrected chi connectivity index (χ2v) is 5.68. The summed E-state index contributed by atoms with van der Waals surface area (Å²) in [5, 5.41) is 5.08. The Morgan fingerprint density at radius 3 is 2.61 bits per heavy atom. The largest absolute Gasteiger partial charge is 0.385 e. The number of ether oxygens (including phenoxy) is 1. The fourth-order valence-corrected chi connectivity index (χ4v) is 2.42. The van der Waals surface area contributed by atoms with Gasteiger partial charge in [0.2, 0.25) is 5.91 Å². The van der Waals surface area contributed by atoms with Crippen molar-refractivity contribution in [3.05, 3.63) is 24.3 Å². The zero-order valence-corrected chi connectivity index (χ0v) is 13.8. The molecule has 0 aliphatic carbocycles. The SMILES string of the molecule is COCCCCNC(=O)C(=O)Nc1ccccc1SCC(N)=O. The van der Waals surface area contributed by atoms with E-state index in [1.165, 1.54) is 11.8 Å². The summed E-state index contributed by atoms with van der Waals surface area (Å²) >= 11 is 1.20. The van der Waals surface area contributed by atoms with Crippen LogP contribution in [0.2, 0.25) is 0 Å². The van der Waals surface area contributed by atoms with Crippen LogP contribution in [0.25, 0.3) is 0 Å². The molecule has 0 aliphatic rings. The Morgan fingerprint density at radius 2 is 1.91 bits per heavy atom. The van der Waals surface area contributed by atoms with Crippen LogP contribution in [0.15, 0.2) is 29.2 Å². The normalized spacial score (nSPS) is 10.1. The van der Waals surface area contributed by atoms with Crippen LogP contribution < -0.4 is 16.4 Å². The molecule has 8 heteroatoms. The van der Waals surface area contributed by atoms with Crippen molar-refractivity contribution < 1.29 is 19.1 Å². The fraction of sp³-hybridized carbons (Fsp3) is 0.400. The summed E-state index contributed by atoms with van der Waals surface area (Å²) in [6.07, 6.45) is 1.54. The number of nitrogens with two attached hydrogens (primary N) is 1. The lowest BCUT2D eigenvalue weighted by Crippen LogP contribution is -2.36. The Balaban J connectivity index is 2.49. The number of para-hydroxylation sites is 1. The summed E-state index contributed by atoms with van der Waals surface area (Å²) < 4.78 is 4.90. The van der Waals surface area contributed by atoms with Crippen LogP contribution in [0.4, 0.5) is 5.69 Å². The molecule has 0 spiro atoms. The smallest absolute Gasteiger partial charge is 0.313 e. The van der Waals surface area contributed by atoms with Crippen molar-refractivity contribution in [3.8, 4) is 0 Å². The van der Waals surface area contributed by atoms with Crippen LogP contribution in [0.1, 0.15) is 12.8 Å². The predicted octanol–water partition coefficient (Wildman–Crippen LogP) is 0.745. The van der Waals surface area contributed by atoms with E-state index in [0.29, 0.717) is 23.7 Å². The third-order valence-corrected chi connectivity index (χ3v) is 3.87. The molecule has 0 radical (unpaired) electrons. The van der Waals surface area contributed by atoms with Gasteiger partial charge in [-0.05, 0) is 25.0 Å². The number of primary amides is 1. The molecular formula is C15H21N3O4S. The van der Waals surface area contributed by atoms with E-state index in [1.54, 1.807) is 31.4 Å². The number of carbonyl (C=O) groups is 3. The highest BCUT2D eigenvalue weighted by molar-refractivity contribution is 8.00. The van der Waals surface area contributed by atoms with Gasteiger partial charge in [-0.3, -0.25) is 14.4 Å². The minimum absolute atomic E-state index is 0.0958. The van der Waals surface area contributed by atoms with Crippen molar-refractivity contribution in [3.63, 3.8) is 0 Å². The molecule has 0 saturated heterocycles. The molecule has 0 saturated carbocycles. The standard InChI is InChI=1S/C15H21N3O4S/c1-22-9-5-4-8-17-14(20)15(21)18-11-6-2-3-7-12(11)23-10-13(16)19/h2-3,6-7H,4-5,8-10H2,1H3,(H2,16,19)(H,17,20)(H,18,21). The van der Waals surface area contributed by atoms with Gasteiger partial charge in [0.25, 0.3) is 0 Å². The van der Waals surface area contributed by atoms with Gasteiger partial charge in [0.05, 0.1) is 11.4 Å².